The number of hydrogen-bond acceptors (Lipinski definition) is 1. The SMILES string of the molecule is CCC1CCCCN(C(C)C)CC1. The average Bonchev–Trinajstić information content (AvgIpc) is 2.03. The first-order valence-corrected chi connectivity index (χ1v) is 5.98. The number of nitrogens with zero attached hydrogens (tertiary/aromatic N) is 1. The van der Waals surface area contributed by atoms with Gasteiger partial charge in [-0.05, 0) is 45.7 Å². The summed E-state index contributed by atoms with van der Waals surface area (Å²) in [5.41, 5.74) is 0. The van der Waals surface area contributed by atoms with Gasteiger partial charge in [0.2, 0.25) is 0 Å². The Kier molecular flexibility index (Phi) is 4.79. The largest absolute Gasteiger partial charge is 0.301 e. The molecule has 1 heterocycles. The van der Waals surface area contributed by atoms with Crippen molar-refractivity contribution in [2.45, 2.75) is 58.9 Å². The first-order chi connectivity index (χ1) is 6.24. The summed E-state index contributed by atoms with van der Waals surface area (Å²) >= 11 is 0. The van der Waals surface area contributed by atoms with Crippen molar-refractivity contribution in [3.05, 3.63) is 0 Å². The third kappa shape index (κ3) is 3.68. The molecule has 1 fully saturated rings. The minimum absolute atomic E-state index is 0.746. The molecular weight excluding hydrogens is 158 g/mol. The summed E-state index contributed by atoms with van der Waals surface area (Å²) in [6.45, 7) is 9.64. The fourth-order valence-electron chi connectivity index (χ4n) is 2.28. The summed E-state index contributed by atoms with van der Waals surface area (Å²) in [5, 5.41) is 0. The molecule has 0 amide bonds. The fraction of sp³-hybridized carbons (Fsp3) is 1.00. The summed E-state index contributed by atoms with van der Waals surface area (Å²) in [6.07, 6.45) is 7.14. The fourth-order valence-corrected chi connectivity index (χ4v) is 2.28. The molecule has 1 heteroatoms. The molecule has 1 atom stereocenters. The van der Waals surface area contributed by atoms with Crippen LogP contribution in [-0.4, -0.2) is 24.0 Å². The lowest BCUT2D eigenvalue weighted by Crippen LogP contribution is -2.34. The maximum Gasteiger partial charge on any atom is 0.00385 e. The van der Waals surface area contributed by atoms with Crippen molar-refractivity contribution in [1.29, 1.82) is 0 Å². The lowest BCUT2D eigenvalue weighted by atomic mass is 9.93. The quantitative estimate of drug-likeness (QED) is 0.635. The molecule has 1 rings (SSSR count). The third-order valence-corrected chi connectivity index (χ3v) is 3.44. The number of hydrogen-bond donors (Lipinski definition) is 0. The van der Waals surface area contributed by atoms with E-state index in [2.05, 4.69) is 25.7 Å². The highest BCUT2D eigenvalue weighted by Crippen LogP contribution is 2.20. The second-order valence-electron chi connectivity index (χ2n) is 4.69. The van der Waals surface area contributed by atoms with Gasteiger partial charge in [0.25, 0.3) is 0 Å². The predicted octanol–water partition coefficient (Wildman–Crippen LogP) is 3.30. The van der Waals surface area contributed by atoms with Gasteiger partial charge >= 0.3 is 0 Å². The van der Waals surface area contributed by atoms with Crippen LogP contribution in [0.5, 0.6) is 0 Å². The van der Waals surface area contributed by atoms with Gasteiger partial charge < -0.3 is 4.90 Å². The molecule has 1 nitrogen and oxygen atoms in total. The monoisotopic (exact) mass is 183 g/mol. The molecule has 0 saturated carbocycles. The highest BCUT2D eigenvalue weighted by atomic mass is 15.1. The molecule has 0 aromatic rings. The van der Waals surface area contributed by atoms with Crippen molar-refractivity contribution in [2.75, 3.05) is 13.1 Å². The summed E-state index contributed by atoms with van der Waals surface area (Å²) in [7, 11) is 0. The first-order valence-electron chi connectivity index (χ1n) is 5.98. The van der Waals surface area contributed by atoms with E-state index < -0.39 is 0 Å². The van der Waals surface area contributed by atoms with Crippen LogP contribution in [-0.2, 0) is 0 Å². The lowest BCUT2D eigenvalue weighted by Gasteiger charge is -2.30. The molecule has 0 radical (unpaired) electrons. The van der Waals surface area contributed by atoms with E-state index in [4.69, 9.17) is 0 Å². The highest BCUT2D eigenvalue weighted by Gasteiger charge is 2.15. The minimum atomic E-state index is 0.746. The van der Waals surface area contributed by atoms with Crippen molar-refractivity contribution in [3.63, 3.8) is 0 Å². The van der Waals surface area contributed by atoms with Gasteiger partial charge in [-0.25, -0.2) is 0 Å². The molecule has 0 bridgehead atoms. The maximum absolute atomic E-state index is 2.64. The molecule has 0 N–H and O–H groups in total. The summed E-state index contributed by atoms with van der Waals surface area (Å²) < 4.78 is 0. The van der Waals surface area contributed by atoms with Gasteiger partial charge in [0.1, 0.15) is 0 Å². The van der Waals surface area contributed by atoms with E-state index in [-0.39, 0.29) is 0 Å². The number of rotatable bonds is 2. The van der Waals surface area contributed by atoms with Crippen LogP contribution < -0.4 is 0 Å². The second kappa shape index (κ2) is 5.64. The van der Waals surface area contributed by atoms with Gasteiger partial charge in [-0.1, -0.05) is 26.2 Å². The third-order valence-electron chi connectivity index (χ3n) is 3.44. The van der Waals surface area contributed by atoms with Crippen molar-refractivity contribution < 1.29 is 0 Å². The van der Waals surface area contributed by atoms with Crippen LogP contribution in [0.25, 0.3) is 0 Å². The topological polar surface area (TPSA) is 3.24 Å². The lowest BCUT2D eigenvalue weighted by molar-refractivity contribution is 0.180. The van der Waals surface area contributed by atoms with Crippen LogP contribution >= 0.6 is 0 Å². The smallest absolute Gasteiger partial charge is 0.00385 e. The molecule has 0 spiro atoms. The zero-order valence-electron chi connectivity index (χ0n) is 9.55. The van der Waals surface area contributed by atoms with Crippen LogP contribution in [0.4, 0.5) is 0 Å². The normalized spacial score (nSPS) is 27.2. The van der Waals surface area contributed by atoms with Crippen LogP contribution in [0.15, 0.2) is 0 Å². The van der Waals surface area contributed by atoms with E-state index in [1.165, 1.54) is 45.2 Å². The Morgan fingerprint density at radius 2 is 1.92 bits per heavy atom. The molecule has 1 unspecified atom stereocenters. The van der Waals surface area contributed by atoms with Crippen molar-refractivity contribution in [1.82, 2.24) is 4.90 Å². The van der Waals surface area contributed by atoms with E-state index in [0.717, 1.165) is 12.0 Å². The summed E-state index contributed by atoms with van der Waals surface area (Å²) in [5.74, 6) is 1.00. The van der Waals surface area contributed by atoms with Crippen LogP contribution in [0.1, 0.15) is 52.9 Å². The molecule has 0 aromatic heterocycles. The Morgan fingerprint density at radius 1 is 1.15 bits per heavy atom. The summed E-state index contributed by atoms with van der Waals surface area (Å²) in [6, 6.07) is 0.746. The van der Waals surface area contributed by atoms with Crippen LogP contribution in [0.3, 0.4) is 0 Å². The van der Waals surface area contributed by atoms with Gasteiger partial charge in [-0.2, -0.15) is 0 Å². The van der Waals surface area contributed by atoms with Gasteiger partial charge in [0.15, 0.2) is 0 Å². The molecule has 1 saturated heterocycles. The van der Waals surface area contributed by atoms with E-state index >= 15 is 0 Å². The molecule has 13 heavy (non-hydrogen) atoms. The zero-order valence-corrected chi connectivity index (χ0v) is 9.55. The molecule has 1 aliphatic rings. The second-order valence-corrected chi connectivity index (χ2v) is 4.69. The Hall–Kier alpha value is -0.0400. The molecule has 0 aliphatic carbocycles. The Morgan fingerprint density at radius 3 is 2.54 bits per heavy atom. The predicted molar refractivity (Wildman–Crippen MR) is 59.0 cm³/mol. The van der Waals surface area contributed by atoms with E-state index in [1.807, 2.05) is 0 Å². The summed E-state index contributed by atoms with van der Waals surface area (Å²) in [4.78, 5) is 2.64. The Labute approximate surface area is 83.5 Å². The van der Waals surface area contributed by atoms with Crippen LogP contribution in [0, 0.1) is 5.92 Å². The van der Waals surface area contributed by atoms with Gasteiger partial charge in [0, 0.05) is 6.04 Å². The number of likely N-dealkylation sites (tertiary alicyclic amines) is 1. The van der Waals surface area contributed by atoms with Crippen molar-refractivity contribution >= 4 is 0 Å². The van der Waals surface area contributed by atoms with Gasteiger partial charge in [0.05, 0.1) is 0 Å². The Bertz CT molecular complexity index is 131. The standard InChI is InChI=1S/C12H25N/c1-4-12-7-5-6-9-13(10-8-12)11(2)3/h11-12H,4-10H2,1-3H3. The Balaban J connectivity index is 2.35. The first kappa shape index (κ1) is 11.0. The highest BCUT2D eigenvalue weighted by molar-refractivity contribution is 4.70. The maximum atomic E-state index is 2.64. The van der Waals surface area contributed by atoms with Gasteiger partial charge in [-0.3, -0.25) is 0 Å². The molecule has 78 valence electrons. The van der Waals surface area contributed by atoms with Crippen molar-refractivity contribution in [3.8, 4) is 0 Å². The van der Waals surface area contributed by atoms with E-state index in [1.54, 1.807) is 0 Å². The molecular formula is C12H25N. The van der Waals surface area contributed by atoms with E-state index in [0.29, 0.717) is 0 Å². The molecule has 0 aromatic carbocycles. The van der Waals surface area contributed by atoms with Gasteiger partial charge in [-0.15, -0.1) is 0 Å². The zero-order chi connectivity index (χ0) is 9.68. The van der Waals surface area contributed by atoms with Crippen molar-refractivity contribution in [2.24, 2.45) is 5.92 Å². The minimum Gasteiger partial charge on any atom is -0.301 e. The average molecular weight is 183 g/mol. The van der Waals surface area contributed by atoms with E-state index in [9.17, 15) is 0 Å². The molecule has 1 aliphatic heterocycles. The van der Waals surface area contributed by atoms with Crippen LogP contribution in [0.2, 0.25) is 0 Å².